The lowest BCUT2D eigenvalue weighted by atomic mass is 9.83. The van der Waals surface area contributed by atoms with E-state index in [9.17, 15) is 9.59 Å². The van der Waals surface area contributed by atoms with Crippen LogP contribution in [0.1, 0.15) is 25.0 Å². The minimum absolute atomic E-state index is 0.0800. The maximum Gasteiger partial charge on any atom is 0.250 e. The van der Waals surface area contributed by atoms with E-state index in [0.717, 1.165) is 46.2 Å². The summed E-state index contributed by atoms with van der Waals surface area (Å²) in [5.41, 5.74) is 1.18. The Kier molecular flexibility index (Phi) is 6.57. The van der Waals surface area contributed by atoms with E-state index in [4.69, 9.17) is 12.2 Å². The SMILES string of the molecule is CCSc1nnc(NC(=O)CSC(=S)N2C[C@@H]3C[C@@H](C2)c2cccc(=O)n2C3)s1. The van der Waals surface area contributed by atoms with Crippen molar-refractivity contribution in [1.82, 2.24) is 19.7 Å². The van der Waals surface area contributed by atoms with Gasteiger partial charge in [0.15, 0.2) is 4.34 Å². The molecule has 1 amide bonds. The smallest absolute Gasteiger partial charge is 0.250 e. The van der Waals surface area contributed by atoms with Crippen molar-refractivity contribution in [3.63, 3.8) is 0 Å². The molecule has 2 aromatic heterocycles. The van der Waals surface area contributed by atoms with Gasteiger partial charge in [-0.1, -0.05) is 60.1 Å². The molecule has 0 radical (unpaired) electrons. The van der Waals surface area contributed by atoms with Crippen molar-refractivity contribution >= 4 is 62.4 Å². The highest BCUT2D eigenvalue weighted by Crippen LogP contribution is 2.36. The number of rotatable bonds is 5. The molecular formula is C18H21N5O2S4. The first-order chi connectivity index (χ1) is 14.0. The summed E-state index contributed by atoms with van der Waals surface area (Å²) in [5.74, 6) is 1.75. The quantitative estimate of drug-likeness (QED) is 0.409. The number of pyridine rings is 1. The third kappa shape index (κ3) is 4.84. The Morgan fingerprint density at radius 3 is 3.03 bits per heavy atom. The number of anilines is 1. The normalized spacial score (nSPS) is 20.2. The standard InChI is InChI=1S/C18H21N5O2S4/c1-2-27-17-21-20-16(29-17)19-14(24)10-28-18(26)22-7-11-6-12(9-22)13-4-3-5-15(25)23(13)8-11/h3-5,11-12H,2,6-10H2,1H3,(H,19,20,24)/t11-,12-/m0/s1. The monoisotopic (exact) mass is 467 g/mol. The summed E-state index contributed by atoms with van der Waals surface area (Å²) in [4.78, 5) is 26.6. The highest BCUT2D eigenvalue weighted by molar-refractivity contribution is 8.23. The minimum Gasteiger partial charge on any atom is -0.356 e. The Labute approximate surface area is 186 Å². The van der Waals surface area contributed by atoms with Crippen LogP contribution in [0.4, 0.5) is 5.13 Å². The van der Waals surface area contributed by atoms with Crippen molar-refractivity contribution in [2.24, 2.45) is 5.92 Å². The van der Waals surface area contributed by atoms with E-state index in [2.05, 4.69) is 20.4 Å². The summed E-state index contributed by atoms with van der Waals surface area (Å²) in [6.45, 7) is 4.42. The van der Waals surface area contributed by atoms with Crippen LogP contribution < -0.4 is 10.9 Å². The second-order valence-electron chi connectivity index (χ2n) is 7.01. The van der Waals surface area contributed by atoms with Crippen molar-refractivity contribution in [1.29, 1.82) is 0 Å². The fourth-order valence-electron chi connectivity index (χ4n) is 3.86. The number of thioether (sulfide) groups is 2. The zero-order valence-corrected chi connectivity index (χ0v) is 19.1. The third-order valence-corrected chi connectivity index (χ3v) is 8.36. The van der Waals surface area contributed by atoms with Gasteiger partial charge in [0.1, 0.15) is 4.32 Å². The average Bonchev–Trinajstić information content (AvgIpc) is 3.14. The molecule has 0 aliphatic carbocycles. The van der Waals surface area contributed by atoms with Crippen molar-refractivity contribution in [2.75, 3.05) is 29.9 Å². The number of hydrogen-bond donors (Lipinski definition) is 1. The van der Waals surface area contributed by atoms with Crippen molar-refractivity contribution in [3.8, 4) is 0 Å². The van der Waals surface area contributed by atoms with Crippen LogP contribution in [0.3, 0.4) is 0 Å². The molecule has 2 atom stereocenters. The second-order valence-corrected chi connectivity index (χ2v) is 11.1. The van der Waals surface area contributed by atoms with Gasteiger partial charge in [-0.05, 0) is 24.2 Å². The number of aromatic nitrogens is 3. The van der Waals surface area contributed by atoms with E-state index in [-0.39, 0.29) is 17.2 Å². The molecule has 1 N–H and O–H groups in total. The van der Waals surface area contributed by atoms with Gasteiger partial charge in [-0.25, -0.2) is 0 Å². The van der Waals surface area contributed by atoms with Gasteiger partial charge in [-0.3, -0.25) is 14.9 Å². The van der Waals surface area contributed by atoms with Gasteiger partial charge in [0.25, 0.3) is 5.56 Å². The summed E-state index contributed by atoms with van der Waals surface area (Å²) in [5, 5.41) is 11.3. The lowest BCUT2D eigenvalue weighted by Crippen LogP contribution is -2.48. The van der Waals surface area contributed by atoms with Crippen molar-refractivity contribution in [3.05, 3.63) is 34.2 Å². The lowest BCUT2D eigenvalue weighted by molar-refractivity contribution is -0.113. The van der Waals surface area contributed by atoms with Crippen molar-refractivity contribution in [2.45, 2.75) is 30.1 Å². The number of piperidine rings is 1. The summed E-state index contributed by atoms with van der Waals surface area (Å²) < 4.78 is 3.50. The summed E-state index contributed by atoms with van der Waals surface area (Å²) in [6, 6.07) is 5.51. The van der Waals surface area contributed by atoms with Gasteiger partial charge >= 0.3 is 0 Å². The van der Waals surface area contributed by atoms with Crippen LogP contribution >= 0.6 is 47.1 Å². The molecule has 1 fully saturated rings. The van der Waals surface area contributed by atoms with Gasteiger partial charge in [-0.2, -0.15) is 0 Å². The molecule has 2 bridgehead atoms. The molecule has 0 spiro atoms. The van der Waals surface area contributed by atoms with Gasteiger partial charge in [0, 0.05) is 37.3 Å². The Bertz CT molecular complexity index is 975. The number of carbonyl (C=O) groups excluding carboxylic acids is 1. The number of nitrogens with zero attached hydrogens (tertiary/aromatic N) is 4. The minimum atomic E-state index is -0.129. The number of carbonyl (C=O) groups is 1. The molecule has 4 heterocycles. The number of hydrogen-bond acceptors (Lipinski definition) is 8. The lowest BCUT2D eigenvalue weighted by Gasteiger charge is -2.43. The van der Waals surface area contributed by atoms with E-state index in [1.54, 1.807) is 17.8 Å². The van der Waals surface area contributed by atoms with Crippen LogP contribution in [0.5, 0.6) is 0 Å². The Hall–Kier alpha value is -1.43. The molecule has 0 aromatic carbocycles. The van der Waals surface area contributed by atoms with Crippen LogP contribution in [-0.4, -0.2) is 54.5 Å². The molecule has 1 saturated heterocycles. The van der Waals surface area contributed by atoms with E-state index < -0.39 is 0 Å². The maximum atomic E-state index is 12.2. The predicted molar refractivity (Wildman–Crippen MR) is 123 cm³/mol. The molecule has 4 rings (SSSR count). The zero-order chi connectivity index (χ0) is 20.4. The van der Waals surface area contributed by atoms with Crippen LogP contribution in [0.25, 0.3) is 0 Å². The number of nitrogens with one attached hydrogen (secondary N) is 1. The summed E-state index contributed by atoms with van der Waals surface area (Å²) in [7, 11) is 0. The van der Waals surface area contributed by atoms with E-state index >= 15 is 0 Å². The fourth-order valence-corrected chi connectivity index (χ4v) is 6.51. The Morgan fingerprint density at radius 1 is 1.34 bits per heavy atom. The third-order valence-electron chi connectivity index (χ3n) is 4.99. The molecule has 154 valence electrons. The molecule has 0 unspecified atom stereocenters. The number of thiocarbonyl (C=S) groups is 1. The fraction of sp³-hybridized carbons (Fsp3) is 0.500. The van der Waals surface area contributed by atoms with Crippen LogP contribution in [0.15, 0.2) is 27.3 Å². The molecular weight excluding hydrogens is 446 g/mol. The van der Waals surface area contributed by atoms with Gasteiger partial charge in [0.2, 0.25) is 11.0 Å². The Balaban J connectivity index is 1.31. The van der Waals surface area contributed by atoms with E-state index in [1.807, 2.05) is 23.6 Å². The zero-order valence-electron chi connectivity index (χ0n) is 15.9. The summed E-state index contributed by atoms with van der Waals surface area (Å²) in [6.07, 6.45) is 1.09. The molecule has 2 aliphatic heterocycles. The van der Waals surface area contributed by atoms with Crippen LogP contribution in [-0.2, 0) is 11.3 Å². The second kappa shape index (κ2) is 9.15. The summed E-state index contributed by atoms with van der Waals surface area (Å²) >= 11 is 9.97. The highest BCUT2D eigenvalue weighted by atomic mass is 32.2. The predicted octanol–water partition coefficient (Wildman–Crippen LogP) is 2.89. The maximum absolute atomic E-state index is 12.2. The molecule has 2 aromatic rings. The molecule has 0 saturated carbocycles. The number of likely N-dealkylation sites (tertiary alicyclic amines) is 1. The largest absolute Gasteiger partial charge is 0.356 e. The highest BCUT2D eigenvalue weighted by Gasteiger charge is 2.35. The number of amides is 1. The van der Waals surface area contributed by atoms with E-state index in [1.165, 1.54) is 23.1 Å². The van der Waals surface area contributed by atoms with Gasteiger partial charge < -0.3 is 9.47 Å². The first kappa shape index (κ1) is 20.8. The van der Waals surface area contributed by atoms with Gasteiger partial charge in [0.05, 0.1) is 5.75 Å². The van der Waals surface area contributed by atoms with Crippen molar-refractivity contribution < 1.29 is 4.79 Å². The van der Waals surface area contributed by atoms with E-state index in [0.29, 0.717) is 17.0 Å². The van der Waals surface area contributed by atoms with Crippen LogP contribution in [0.2, 0.25) is 0 Å². The number of fused-ring (bicyclic) bond motifs is 4. The molecule has 11 heteroatoms. The Morgan fingerprint density at radius 2 is 2.21 bits per heavy atom. The van der Waals surface area contributed by atoms with Gasteiger partial charge in [-0.15, -0.1) is 10.2 Å². The molecule has 2 aliphatic rings. The topological polar surface area (TPSA) is 80.1 Å². The first-order valence-electron chi connectivity index (χ1n) is 9.41. The van der Waals surface area contributed by atoms with Crippen LogP contribution in [0, 0.1) is 5.92 Å². The first-order valence-corrected chi connectivity index (χ1v) is 12.6. The molecule has 29 heavy (non-hydrogen) atoms. The molecule has 7 nitrogen and oxygen atoms in total. The average molecular weight is 468 g/mol.